The van der Waals surface area contributed by atoms with Crippen LogP contribution in [0, 0.1) is 6.92 Å². The average Bonchev–Trinajstić information content (AvgIpc) is 2.97. The van der Waals surface area contributed by atoms with Gasteiger partial charge in [-0.05, 0) is 66.1 Å². The SMILES string of the molecule is Cc1ccsc1CN(C)C(=O)C=Cc1ccc2c(c1)CCCN2C. The van der Waals surface area contributed by atoms with Crippen LogP contribution < -0.4 is 4.90 Å². The Morgan fingerprint density at radius 2 is 2.21 bits per heavy atom. The molecule has 0 saturated carbocycles. The van der Waals surface area contributed by atoms with Gasteiger partial charge in [-0.25, -0.2) is 0 Å². The molecule has 1 aliphatic heterocycles. The second-order valence-corrected chi connectivity index (χ2v) is 7.47. The second-order valence-electron chi connectivity index (χ2n) is 6.47. The number of anilines is 1. The highest BCUT2D eigenvalue weighted by atomic mass is 32.1. The number of benzene rings is 1. The molecule has 0 atom stereocenters. The van der Waals surface area contributed by atoms with Gasteiger partial charge in [0.15, 0.2) is 0 Å². The topological polar surface area (TPSA) is 23.6 Å². The zero-order chi connectivity index (χ0) is 17.1. The van der Waals surface area contributed by atoms with E-state index in [2.05, 4.69) is 48.5 Å². The molecule has 24 heavy (non-hydrogen) atoms. The minimum atomic E-state index is 0.0395. The minimum Gasteiger partial charge on any atom is -0.374 e. The fourth-order valence-corrected chi connectivity index (χ4v) is 4.02. The van der Waals surface area contributed by atoms with Crippen molar-refractivity contribution in [3.63, 3.8) is 0 Å². The van der Waals surface area contributed by atoms with Gasteiger partial charge in [-0.15, -0.1) is 11.3 Å². The van der Waals surface area contributed by atoms with Gasteiger partial charge in [0.2, 0.25) is 5.91 Å². The molecular weight excluding hydrogens is 316 g/mol. The normalized spacial score (nSPS) is 14.0. The van der Waals surface area contributed by atoms with E-state index in [1.165, 1.54) is 28.1 Å². The smallest absolute Gasteiger partial charge is 0.246 e. The zero-order valence-electron chi connectivity index (χ0n) is 14.6. The van der Waals surface area contributed by atoms with Crippen LogP contribution >= 0.6 is 11.3 Å². The van der Waals surface area contributed by atoms with E-state index < -0.39 is 0 Å². The summed E-state index contributed by atoms with van der Waals surface area (Å²) in [5.41, 5.74) is 5.04. The summed E-state index contributed by atoms with van der Waals surface area (Å²) in [4.78, 5) is 17.6. The average molecular weight is 340 g/mol. The maximum Gasteiger partial charge on any atom is 0.246 e. The predicted molar refractivity (Wildman–Crippen MR) is 103 cm³/mol. The van der Waals surface area contributed by atoms with Gasteiger partial charge in [-0.3, -0.25) is 4.79 Å². The molecule has 1 aromatic heterocycles. The Balaban J connectivity index is 1.66. The Morgan fingerprint density at radius 1 is 1.38 bits per heavy atom. The zero-order valence-corrected chi connectivity index (χ0v) is 15.4. The molecule has 2 heterocycles. The molecule has 0 aliphatic carbocycles. The number of aryl methyl sites for hydroxylation is 2. The third kappa shape index (κ3) is 3.70. The van der Waals surface area contributed by atoms with Crippen molar-refractivity contribution in [2.45, 2.75) is 26.3 Å². The molecule has 0 saturated heterocycles. The fraction of sp³-hybridized carbons (Fsp3) is 0.350. The molecule has 0 radical (unpaired) electrons. The number of likely N-dealkylation sites (N-methyl/N-ethyl adjacent to an activating group) is 1. The summed E-state index contributed by atoms with van der Waals surface area (Å²) in [6, 6.07) is 8.56. The van der Waals surface area contributed by atoms with Gasteiger partial charge >= 0.3 is 0 Å². The van der Waals surface area contributed by atoms with E-state index in [4.69, 9.17) is 0 Å². The van der Waals surface area contributed by atoms with E-state index >= 15 is 0 Å². The Morgan fingerprint density at radius 3 is 2.96 bits per heavy atom. The van der Waals surface area contributed by atoms with Crippen LogP contribution in [0.25, 0.3) is 6.08 Å². The molecule has 0 bridgehead atoms. The maximum absolute atomic E-state index is 12.3. The van der Waals surface area contributed by atoms with Crippen molar-refractivity contribution in [2.24, 2.45) is 0 Å². The van der Waals surface area contributed by atoms with E-state index in [0.29, 0.717) is 6.54 Å². The highest BCUT2D eigenvalue weighted by Gasteiger charge is 2.13. The van der Waals surface area contributed by atoms with Crippen molar-refractivity contribution < 1.29 is 4.79 Å². The molecule has 0 fully saturated rings. The predicted octanol–water partition coefficient (Wildman–Crippen LogP) is 4.11. The number of hydrogen-bond acceptors (Lipinski definition) is 3. The molecule has 2 aromatic rings. The lowest BCUT2D eigenvalue weighted by Gasteiger charge is -2.27. The lowest BCUT2D eigenvalue weighted by Crippen LogP contribution is -2.24. The Hall–Kier alpha value is -2.07. The molecule has 1 amide bonds. The first-order chi connectivity index (χ1) is 11.5. The van der Waals surface area contributed by atoms with Crippen molar-refractivity contribution >= 4 is 29.0 Å². The highest BCUT2D eigenvalue weighted by Crippen LogP contribution is 2.27. The monoisotopic (exact) mass is 340 g/mol. The lowest BCUT2D eigenvalue weighted by molar-refractivity contribution is -0.125. The van der Waals surface area contributed by atoms with Gasteiger partial charge in [-0.2, -0.15) is 0 Å². The molecule has 1 aliphatic rings. The molecular formula is C20H24N2OS. The van der Waals surface area contributed by atoms with Gasteiger partial charge in [0.1, 0.15) is 0 Å². The van der Waals surface area contributed by atoms with Crippen LogP contribution in [-0.2, 0) is 17.8 Å². The third-order valence-electron chi connectivity index (χ3n) is 4.60. The van der Waals surface area contributed by atoms with Crippen LogP contribution in [0.1, 0.15) is 28.0 Å². The van der Waals surface area contributed by atoms with E-state index in [1.807, 2.05) is 13.1 Å². The number of carbonyl (C=O) groups is 1. The fourth-order valence-electron chi connectivity index (χ4n) is 3.06. The lowest BCUT2D eigenvalue weighted by atomic mass is 9.99. The Labute approximate surface area is 148 Å². The molecule has 0 spiro atoms. The standard InChI is InChI=1S/C20H24N2OS/c1-15-10-12-24-19(15)14-22(3)20(23)9-7-16-6-8-18-17(13-16)5-4-11-21(18)2/h6-10,12-13H,4-5,11,14H2,1-3H3. The number of thiophene rings is 1. The summed E-state index contributed by atoms with van der Waals surface area (Å²) in [7, 11) is 3.99. The summed E-state index contributed by atoms with van der Waals surface area (Å²) >= 11 is 1.70. The highest BCUT2D eigenvalue weighted by molar-refractivity contribution is 7.10. The molecule has 0 unspecified atom stereocenters. The maximum atomic E-state index is 12.3. The first-order valence-corrected chi connectivity index (χ1v) is 9.23. The second kappa shape index (κ2) is 7.22. The van der Waals surface area contributed by atoms with Gasteiger partial charge in [0.25, 0.3) is 0 Å². The van der Waals surface area contributed by atoms with Crippen LogP contribution in [0.3, 0.4) is 0 Å². The third-order valence-corrected chi connectivity index (χ3v) is 5.61. The Bertz CT molecular complexity index is 763. The van der Waals surface area contributed by atoms with Crippen molar-refractivity contribution in [3.05, 3.63) is 57.3 Å². The van der Waals surface area contributed by atoms with Crippen molar-refractivity contribution in [2.75, 3.05) is 25.5 Å². The summed E-state index contributed by atoms with van der Waals surface area (Å²) < 4.78 is 0. The van der Waals surface area contributed by atoms with E-state index in [0.717, 1.165) is 18.5 Å². The van der Waals surface area contributed by atoms with Gasteiger partial charge < -0.3 is 9.80 Å². The Kier molecular flexibility index (Phi) is 5.05. The number of rotatable bonds is 4. The van der Waals surface area contributed by atoms with Crippen molar-refractivity contribution in [3.8, 4) is 0 Å². The molecule has 4 heteroatoms. The molecule has 3 nitrogen and oxygen atoms in total. The van der Waals surface area contributed by atoms with Crippen LogP contribution in [0.4, 0.5) is 5.69 Å². The van der Waals surface area contributed by atoms with Crippen molar-refractivity contribution in [1.82, 2.24) is 4.90 Å². The minimum absolute atomic E-state index is 0.0395. The number of nitrogens with zero attached hydrogens (tertiary/aromatic N) is 2. The molecule has 126 valence electrons. The van der Waals surface area contributed by atoms with E-state index in [-0.39, 0.29) is 5.91 Å². The first kappa shape index (κ1) is 16.8. The van der Waals surface area contributed by atoms with Crippen LogP contribution in [-0.4, -0.2) is 31.4 Å². The van der Waals surface area contributed by atoms with Gasteiger partial charge in [0.05, 0.1) is 6.54 Å². The quantitative estimate of drug-likeness (QED) is 0.782. The molecule has 1 aromatic carbocycles. The molecule has 3 rings (SSSR count). The summed E-state index contributed by atoms with van der Waals surface area (Å²) in [6.07, 6.45) is 5.91. The van der Waals surface area contributed by atoms with Gasteiger partial charge in [-0.1, -0.05) is 6.07 Å². The number of fused-ring (bicyclic) bond motifs is 1. The van der Waals surface area contributed by atoms with Crippen LogP contribution in [0.15, 0.2) is 35.7 Å². The largest absolute Gasteiger partial charge is 0.374 e. The number of carbonyl (C=O) groups excluding carboxylic acids is 1. The molecule has 0 N–H and O–H groups in total. The summed E-state index contributed by atoms with van der Waals surface area (Å²) in [5, 5.41) is 2.07. The van der Waals surface area contributed by atoms with Crippen LogP contribution in [0.2, 0.25) is 0 Å². The summed E-state index contributed by atoms with van der Waals surface area (Å²) in [5.74, 6) is 0.0395. The number of amides is 1. The van der Waals surface area contributed by atoms with Gasteiger partial charge in [0, 0.05) is 37.3 Å². The van der Waals surface area contributed by atoms with Crippen molar-refractivity contribution in [1.29, 1.82) is 0 Å². The van der Waals surface area contributed by atoms with E-state index in [1.54, 1.807) is 22.3 Å². The van der Waals surface area contributed by atoms with E-state index in [9.17, 15) is 4.79 Å². The first-order valence-electron chi connectivity index (χ1n) is 8.35. The summed E-state index contributed by atoms with van der Waals surface area (Å²) in [6.45, 7) is 3.87. The van der Waals surface area contributed by atoms with Crippen LogP contribution in [0.5, 0.6) is 0 Å². The number of hydrogen-bond donors (Lipinski definition) is 0.